The number of hydrogen-bond donors (Lipinski definition) is 0. The molecule has 2 fully saturated rings. The summed E-state index contributed by atoms with van der Waals surface area (Å²) in [5, 5.41) is 0. The van der Waals surface area contributed by atoms with E-state index in [1.165, 1.54) is 25.9 Å². The van der Waals surface area contributed by atoms with E-state index in [0.29, 0.717) is 19.0 Å². The summed E-state index contributed by atoms with van der Waals surface area (Å²) in [7, 11) is 0. The first-order chi connectivity index (χ1) is 11.1. The maximum atomic E-state index is 13.8. The second-order valence-corrected chi connectivity index (χ2v) is 6.72. The predicted molar refractivity (Wildman–Crippen MR) is 85.3 cm³/mol. The lowest BCUT2D eigenvalue weighted by Gasteiger charge is -2.23. The molecule has 3 rings (SSSR count). The van der Waals surface area contributed by atoms with E-state index in [0.717, 1.165) is 44.0 Å². The maximum Gasteiger partial charge on any atom is 0.256 e. The largest absolute Gasteiger partial charge is 0.339 e. The van der Waals surface area contributed by atoms with Gasteiger partial charge < -0.3 is 9.80 Å². The second kappa shape index (κ2) is 7.39. The Balaban J connectivity index is 1.60. The fourth-order valence-corrected chi connectivity index (χ4v) is 3.71. The molecule has 1 atom stereocenters. The summed E-state index contributed by atoms with van der Waals surface area (Å²) in [6, 6.07) is 3.07. The van der Waals surface area contributed by atoms with E-state index in [2.05, 4.69) is 4.90 Å². The van der Waals surface area contributed by atoms with Gasteiger partial charge in [0.25, 0.3) is 5.91 Å². The molecule has 2 heterocycles. The number of nitrogens with zero attached hydrogens (tertiary/aromatic N) is 2. The third kappa shape index (κ3) is 4.08. The molecule has 0 aliphatic carbocycles. The van der Waals surface area contributed by atoms with Crippen LogP contribution in [0.1, 0.15) is 42.5 Å². The normalized spacial score (nSPS) is 23.0. The van der Waals surface area contributed by atoms with Crippen molar-refractivity contribution in [2.24, 2.45) is 5.92 Å². The first kappa shape index (κ1) is 16.4. The summed E-state index contributed by atoms with van der Waals surface area (Å²) in [5.74, 6) is -1.00. The van der Waals surface area contributed by atoms with E-state index >= 15 is 0 Å². The molecule has 2 aliphatic heterocycles. The van der Waals surface area contributed by atoms with Crippen molar-refractivity contribution in [2.75, 3.05) is 32.7 Å². The van der Waals surface area contributed by atoms with Crippen LogP contribution < -0.4 is 0 Å². The van der Waals surface area contributed by atoms with Crippen LogP contribution in [-0.4, -0.2) is 48.4 Å². The van der Waals surface area contributed by atoms with Crippen molar-refractivity contribution in [1.29, 1.82) is 0 Å². The number of carbonyl (C=O) groups is 1. The molecule has 2 saturated heterocycles. The van der Waals surface area contributed by atoms with Crippen LogP contribution in [0.25, 0.3) is 0 Å². The number of hydrogen-bond acceptors (Lipinski definition) is 2. The Kier molecular flexibility index (Phi) is 5.26. The highest BCUT2D eigenvalue weighted by atomic mass is 19.1. The Morgan fingerprint density at radius 2 is 1.83 bits per heavy atom. The lowest BCUT2D eigenvalue weighted by atomic mass is 10.0. The average Bonchev–Trinajstić information content (AvgIpc) is 2.94. The van der Waals surface area contributed by atoms with Gasteiger partial charge in [-0.1, -0.05) is 0 Å². The first-order valence-electron chi connectivity index (χ1n) is 8.60. The minimum absolute atomic E-state index is 0.150. The van der Waals surface area contributed by atoms with Gasteiger partial charge in [-0.2, -0.15) is 0 Å². The zero-order valence-electron chi connectivity index (χ0n) is 13.4. The lowest BCUT2D eigenvalue weighted by molar-refractivity contribution is 0.0754. The SMILES string of the molecule is O=C(c1cc(F)ccc1F)N1CCCC(CN2CCCC2)CC1. The van der Waals surface area contributed by atoms with Crippen LogP contribution in [-0.2, 0) is 0 Å². The van der Waals surface area contributed by atoms with Gasteiger partial charge in [0, 0.05) is 19.6 Å². The van der Waals surface area contributed by atoms with E-state index in [1.807, 2.05) is 0 Å². The van der Waals surface area contributed by atoms with Crippen LogP contribution in [0, 0.1) is 17.6 Å². The number of halogens is 2. The third-order valence-corrected chi connectivity index (χ3v) is 5.01. The number of likely N-dealkylation sites (tertiary alicyclic amines) is 2. The van der Waals surface area contributed by atoms with Crippen LogP contribution in [0.15, 0.2) is 18.2 Å². The highest BCUT2D eigenvalue weighted by molar-refractivity contribution is 5.94. The molecule has 0 spiro atoms. The molecule has 23 heavy (non-hydrogen) atoms. The highest BCUT2D eigenvalue weighted by Gasteiger charge is 2.25. The fraction of sp³-hybridized carbons (Fsp3) is 0.611. The predicted octanol–water partition coefficient (Wildman–Crippen LogP) is 3.30. The van der Waals surface area contributed by atoms with E-state index in [-0.39, 0.29) is 11.5 Å². The molecule has 2 aliphatic rings. The zero-order chi connectivity index (χ0) is 16.2. The molecule has 126 valence electrons. The molecular formula is C18H24F2N2O. The Hall–Kier alpha value is -1.49. The summed E-state index contributed by atoms with van der Waals surface area (Å²) in [4.78, 5) is 16.7. The number of carbonyl (C=O) groups excluding carboxylic acids is 1. The van der Waals surface area contributed by atoms with E-state index in [9.17, 15) is 13.6 Å². The molecule has 3 nitrogen and oxygen atoms in total. The topological polar surface area (TPSA) is 23.6 Å². The average molecular weight is 322 g/mol. The van der Waals surface area contributed by atoms with Gasteiger partial charge in [0.2, 0.25) is 0 Å². The molecular weight excluding hydrogens is 298 g/mol. The number of amides is 1. The van der Waals surface area contributed by atoms with Crippen molar-refractivity contribution in [3.63, 3.8) is 0 Å². The number of benzene rings is 1. The molecule has 0 aromatic heterocycles. The van der Waals surface area contributed by atoms with E-state index in [4.69, 9.17) is 0 Å². The molecule has 5 heteroatoms. The highest BCUT2D eigenvalue weighted by Crippen LogP contribution is 2.22. The molecule has 0 radical (unpaired) electrons. The fourth-order valence-electron chi connectivity index (χ4n) is 3.71. The van der Waals surface area contributed by atoms with Crippen molar-refractivity contribution in [3.8, 4) is 0 Å². The van der Waals surface area contributed by atoms with Gasteiger partial charge >= 0.3 is 0 Å². The van der Waals surface area contributed by atoms with Crippen LogP contribution in [0.5, 0.6) is 0 Å². The van der Waals surface area contributed by atoms with Gasteiger partial charge in [-0.05, 0) is 69.3 Å². The summed E-state index contributed by atoms with van der Waals surface area (Å²) in [6.45, 7) is 4.75. The van der Waals surface area contributed by atoms with Gasteiger partial charge in [0.15, 0.2) is 0 Å². The maximum absolute atomic E-state index is 13.8. The number of rotatable bonds is 3. The van der Waals surface area contributed by atoms with Crippen LogP contribution >= 0.6 is 0 Å². The molecule has 1 amide bonds. The third-order valence-electron chi connectivity index (χ3n) is 5.01. The lowest BCUT2D eigenvalue weighted by Crippen LogP contribution is -2.33. The van der Waals surface area contributed by atoms with E-state index in [1.54, 1.807) is 4.90 Å². The molecule has 0 saturated carbocycles. The Morgan fingerprint density at radius 3 is 2.61 bits per heavy atom. The second-order valence-electron chi connectivity index (χ2n) is 6.72. The minimum Gasteiger partial charge on any atom is -0.339 e. The standard InChI is InChI=1S/C18H24F2N2O/c19-15-5-6-17(20)16(12-15)18(23)22-10-3-4-14(7-11-22)13-21-8-1-2-9-21/h5-6,12,14H,1-4,7-11,13H2. The monoisotopic (exact) mass is 322 g/mol. The van der Waals surface area contributed by atoms with Crippen molar-refractivity contribution in [1.82, 2.24) is 9.80 Å². The van der Waals surface area contributed by atoms with Crippen LogP contribution in [0.4, 0.5) is 8.78 Å². The Morgan fingerprint density at radius 1 is 1.04 bits per heavy atom. The molecule has 1 aromatic carbocycles. The van der Waals surface area contributed by atoms with E-state index < -0.39 is 11.6 Å². The summed E-state index contributed by atoms with van der Waals surface area (Å²) >= 11 is 0. The smallest absolute Gasteiger partial charge is 0.256 e. The zero-order valence-corrected chi connectivity index (χ0v) is 13.4. The molecule has 0 N–H and O–H groups in total. The summed E-state index contributed by atoms with van der Waals surface area (Å²) in [5.41, 5.74) is -0.150. The van der Waals surface area contributed by atoms with Gasteiger partial charge in [-0.25, -0.2) is 8.78 Å². The van der Waals surface area contributed by atoms with Crippen molar-refractivity contribution in [2.45, 2.75) is 32.1 Å². The van der Waals surface area contributed by atoms with Gasteiger partial charge in [-0.3, -0.25) is 4.79 Å². The summed E-state index contributed by atoms with van der Waals surface area (Å²) < 4.78 is 27.1. The molecule has 1 aromatic rings. The van der Waals surface area contributed by atoms with Crippen molar-refractivity contribution < 1.29 is 13.6 Å². The van der Waals surface area contributed by atoms with Gasteiger partial charge in [0.1, 0.15) is 11.6 Å². The van der Waals surface area contributed by atoms with Crippen molar-refractivity contribution >= 4 is 5.91 Å². The van der Waals surface area contributed by atoms with Crippen molar-refractivity contribution in [3.05, 3.63) is 35.4 Å². The molecule has 0 bridgehead atoms. The Labute approximate surface area is 136 Å². The first-order valence-corrected chi connectivity index (χ1v) is 8.60. The van der Waals surface area contributed by atoms with Gasteiger partial charge in [-0.15, -0.1) is 0 Å². The minimum atomic E-state index is -0.644. The Bertz CT molecular complexity index is 558. The quantitative estimate of drug-likeness (QED) is 0.852. The molecule has 1 unspecified atom stereocenters. The van der Waals surface area contributed by atoms with Crippen LogP contribution in [0.2, 0.25) is 0 Å². The van der Waals surface area contributed by atoms with Crippen LogP contribution in [0.3, 0.4) is 0 Å². The summed E-state index contributed by atoms with van der Waals surface area (Å²) in [6.07, 6.45) is 5.55. The van der Waals surface area contributed by atoms with Gasteiger partial charge in [0.05, 0.1) is 5.56 Å².